The Kier molecular flexibility index (Phi) is 5.53. The van der Waals surface area contributed by atoms with Crippen molar-refractivity contribution in [2.24, 2.45) is 5.92 Å². The number of piperidine rings is 1. The molecule has 0 spiro atoms. The summed E-state index contributed by atoms with van der Waals surface area (Å²) < 4.78 is 1.87. The molecule has 1 fully saturated rings. The van der Waals surface area contributed by atoms with E-state index in [1.54, 1.807) is 6.20 Å². The van der Waals surface area contributed by atoms with Gasteiger partial charge in [0.1, 0.15) is 0 Å². The van der Waals surface area contributed by atoms with Crippen LogP contribution < -0.4 is 0 Å². The van der Waals surface area contributed by atoms with Crippen LogP contribution in [0.4, 0.5) is 0 Å². The number of benzene rings is 1. The number of carbonyl (C=O) groups is 1. The molecule has 5 heteroatoms. The third-order valence-electron chi connectivity index (χ3n) is 5.26. The average Bonchev–Trinajstić information content (AvgIpc) is 3.03. The van der Waals surface area contributed by atoms with E-state index in [4.69, 9.17) is 5.11 Å². The van der Waals surface area contributed by atoms with Gasteiger partial charge in [-0.3, -0.25) is 9.48 Å². The van der Waals surface area contributed by atoms with Gasteiger partial charge in [-0.1, -0.05) is 24.3 Å². The van der Waals surface area contributed by atoms with Crippen LogP contribution in [0.25, 0.3) is 0 Å². The lowest BCUT2D eigenvalue weighted by Crippen LogP contribution is -2.39. The van der Waals surface area contributed by atoms with Crippen LogP contribution in [-0.2, 0) is 19.6 Å². The second-order valence-electron chi connectivity index (χ2n) is 6.87. The fourth-order valence-electron chi connectivity index (χ4n) is 3.60. The van der Waals surface area contributed by atoms with Crippen molar-refractivity contribution in [3.63, 3.8) is 0 Å². The van der Waals surface area contributed by atoms with Crippen LogP contribution in [-0.4, -0.2) is 38.8 Å². The fourth-order valence-corrected chi connectivity index (χ4v) is 3.60. The van der Waals surface area contributed by atoms with Crippen molar-refractivity contribution in [1.29, 1.82) is 0 Å². The van der Waals surface area contributed by atoms with E-state index in [1.165, 1.54) is 5.56 Å². The molecule has 1 aliphatic rings. The first-order valence-corrected chi connectivity index (χ1v) is 9.12. The maximum atomic E-state index is 12.7. The molecule has 5 nitrogen and oxygen atoms in total. The van der Waals surface area contributed by atoms with E-state index in [0.717, 1.165) is 55.7 Å². The van der Waals surface area contributed by atoms with Gasteiger partial charge in [0.2, 0.25) is 0 Å². The van der Waals surface area contributed by atoms with E-state index in [1.807, 2.05) is 35.6 Å². The minimum absolute atomic E-state index is 0.0921. The highest BCUT2D eigenvalue weighted by Gasteiger charge is 2.25. The van der Waals surface area contributed by atoms with Crippen LogP contribution in [0, 0.1) is 12.8 Å². The van der Waals surface area contributed by atoms with Gasteiger partial charge in [0.05, 0.1) is 18.4 Å². The Morgan fingerprint density at radius 1 is 1.20 bits per heavy atom. The van der Waals surface area contributed by atoms with Crippen LogP contribution in [0.1, 0.15) is 46.9 Å². The molecule has 0 aliphatic carbocycles. The number of hydrogen-bond acceptors (Lipinski definition) is 3. The third-order valence-corrected chi connectivity index (χ3v) is 5.26. The summed E-state index contributed by atoms with van der Waals surface area (Å²) in [5.41, 5.74) is 3.95. The number of rotatable bonds is 5. The van der Waals surface area contributed by atoms with Crippen molar-refractivity contribution >= 4 is 5.91 Å². The molecule has 0 bridgehead atoms. The number of nitrogens with zero attached hydrogens (tertiary/aromatic N) is 3. The van der Waals surface area contributed by atoms with E-state index in [2.05, 4.69) is 17.2 Å². The lowest BCUT2D eigenvalue weighted by Gasteiger charge is -2.32. The van der Waals surface area contributed by atoms with Crippen LogP contribution in [0.3, 0.4) is 0 Å². The summed E-state index contributed by atoms with van der Waals surface area (Å²) in [6, 6.07) is 8.18. The molecule has 1 aliphatic heterocycles. The Balaban J connectivity index is 1.55. The van der Waals surface area contributed by atoms with Gasteiger partial charge < -0.3 is 10.0 Å². The number of hydrogen-bond donors (Lipinski definition) is 1. The number of aliphatic hydroxyl groups excluding tert-OH is 1. The average molecular weight is 341 g/mol. The van der Waals surface area contributed by atoms with Crippen LogP contribution in [0.15, 0.2) is 30.5 Å². The number of amides is 1. The van der Waals surface area contributed by atoms with Crippen molar-refractivity contribution < 1.29 is 9.90 Å². The van der Waals surface area contributed by atoms with E-state index in [-0.39, 0.29) is 12.5 Å². The zero-order chi connectivity index (χ0) is 17.8. The summed E-state index contributed by atoms with van der Waals surface area (Å²) in [5.74, 6) is 0.728. The predicted octanol–water partition coefficient (Wildman–Crippen LogP) is 2.80. The first-order chi connectivity index (χ1) is 12.1. The second-order valence-corrected chi connectivity index (χ2v) is 6.87. The molecule has 1 N–H and O–H groups in total. The van der Waals surface area contributed by atoms with E-state index in [0.29, 0.717) is 5.92 Å². The molecule has 0 saturated carbocycles. The molecule has 1 amide bonds. The van der Waals surface area contributed by atoms with Gasteiger partial charge >= 0.3 is 0 Å². The molecule has 25 heavy (non-hydrogen) atoms. The highest BCUT2D eigenvalue weighted by Crippen LogP contribution is 2.23. The Hall–Kier alpha value is -2.14. The van der Waals surface area contributed by atoms with Gasteiger partial charge in [0.15, 0.2) is 0 Å². The Labute approximate surface area is 149 Å². The van der Waals surface area contributed by atoms with Crippen molar-refractivity contribution in [1.82, 2.24) is 14.7 Å². The molecule has 2 aromatic rings. The topological polar surface area (TPSA) is 58.4 Å². The SMILES string of the molecule is CCn1ncc(C(=O)N2CCC(Cc3ccc(CO)cc3)CC2)c1C. The van der Waals surface area contributed by atoms with E-state index >= 15 is 0 Å². The highest BCUT2D eigenvalue weighted by atomic mass is 16.3. The van der Waals surface area contributed by atoms with Crippen LogP contribution >= 0.6 is 0 Å². The molecular formula is C20H27N3O2. The maximum Gasteiger partial charge on any atom is 0.257 e. The first kappa shape index (κ1) is 17.7. The minimum Gasteiger partial charge on any atom is -0.392 e. The largest absolute Gasteiger partial charge is 0.392 e. The molecule has 134 valence electrons. The molecule has 0 unspecified atom stereocenters. The number of carbonyl (C=O) groups excluding carboxylic acids is 1. The molecule has 1 saturated heterocycles. The van der Waals surface area contributed by atoms with Crippen molar-refractivity contribution in [3.05, 3.63) is 52.8 Å². The number of aliphatic hydroxyl groups is 1. The quantitative estimate of drug-likeness (QED) is 0.910. The molecule has 0 atom stereocenters. The smallest absolute Gasteiger partial charge is 0.257 e. The highest BCUT2D eigenvalue weighted by molar-refractivity contribution is 5.95. The van der Waals surface area contributed by atoms with Crippen LogP contribution in [0.2, 0.25) is 0 Å². The normalized spacial score (nSPS) is 15.6. The summed E-state index contributed by atoms with van der Waals surface area (Å²) in [6.45, 7) is 6.51. The first-order valence-electron chi connectivity index (χ1n) is 9.12. The van der Waals surface area contributed by atoms with E-state index < -0.39 is 0 Å². The fraction of sp³-hybridized carbons (Fsp3) is 0.500. The molecule has 1 aromatic carbocycles. The van der Waals surface area contributed by atoms with Gasteiger partial charge in [-0.15, -0.1) is 0 Å². The monoisotopic (exact) mass is 341 g/mol. The van der Waals surface area contributed by atoms with Crippen molar-refractivity contribution in [2.45, 2.75) is 46.3 Å². The minimum atomic E-state index is 0.0921. The molecule has 2 heterocycles. The lowest BCUT2D eigenvalue weighted by molar-refractivity contribution is 0.0689. The third kappa shape index (κ3) is 3.93. The molecular weight excluding hydrogens is 314 g/mol. The van der Waals surface area contributed by atoms with E-state index in [9.17, 15) is 4.79 Å². The Morgan fingerprint density at radius 3 is 2.40 bits per heavy atom. The summed E-state index contributed by atoms with van der Waals surface area (Å²) in [5, 5.41) is 13.4. The Bertz CT molecular complexity index is 713. The number of aryl methyl sites for hydroxylation is 1. The van der Waals surface area contributed by atoms with Gasteiger partial charge in [-0.25, -0.2) is 0 Å². The van der Waals surface area contributed by atoms with Gasteiger partial charge in [0, 0.05) is 25.3 Å². The predicted molar refractivity (Wildman–Crippen MR) is 97.3 cm³/mol. The summed E-state index contributed by atoms with van der Waals surface area (Å²) in [7, 11) is 0. The molecule has 3 rings (SSSR count). The van der Waals surface area contributed by atoms with Crippen LogP contribution in [0.5, 0.6) is 0 Å². The van der Waals surface area contributed by atoms with Crippen molar-refractivity contribution in [3.8, 4) is 0 Å². The zero-order valence-corrected chi connectivity index (χ0v) is 15.1. The molecule has 1 aromatic heterocycles. The second kappa shape index (κ2) is 7.83. The number of likely N-dealkylation sites (tertiary alicyclic amines) is 1. The van der Waals surface area contributed by atoms with Gasteiger partial charge in [-0.05, 0) is 50.2 Å². The molecule has 0 radical (unpaired) electrons. The standard InChI is InChI=1S/C20H27N3O2/c1-3-23-15(2)19(13-21-23)20(25)22-10-8-17(9-11-22)12-16-4-6-18(14-24)7-5-16/h4-7,13,17,24H,3,8-12,14H2,1-2H3. The summed E-state index contributed by atoms with van der Waals surface area (Å²) in [6.07, 6.45) is 4.82. The number of aromatic nitrogens is 2. The maximum absolute atomic E-state index is 12.7. The Morgan fingerprint density at radius 2 is 1.84 bits per heavy atom. The summed E-state index contributed by atoms with van der Waals surface area (Å²) in [4.78, 5) is 14.7. The zero-order valence-electron chi connectivity index (χ0n) is 15.1. The lowest BCUT2D eigenvalue weighted by atomic mass is 9.89. The van der Waals surface area contributed by atoms with Gasteiger partial charge in [-0.2, -0.15) is 5.10 Å². The summed E-state index contributed by atoms with van der Waals surface area (Å²) >= 11 is 0. The van der Waals surface area contributed by atoms with Crippen molar-refractivity contribution in [2.75, 3.05) is 13.1 Å². The van der Waals surface area contributed by atoms with Gasteiger partial charge in [0.25, 0.3) is 5.91 Å².